The third kappa shape index (κ3) is 3.51. The number of piperidine rings is 4. The molecule has 6 nitrogen and oxygen atoms in total. The molecule has 1 aromatic carbocycles. The molecule has 0 aliphatic carbocycles. The molecule has 30 heavy (non-hydrogen) atoms. The van der Waals surface area contributed by atoms with Crippen LogP contribution in [0.1, 0.15) is 42.9 Å². The number of carbonyl (C=O) groups excluding carboxylic acids is 2. The molecule has 2 radical (unpaired) electrons. The van der Waals surface area contributed by atoms with E-state index in [4.69, 9.17) is 12.7 Å². The highest BCUT2D eigenvalue weighted by Gasteiger charge is 2.47. The van der Waals surface area contributed by atoms with Gasteiger partial charge in [-0.1, -0.05) is 24.3 Å². The lowest BCUT2D eigenvalue weighted by Crippen LogP contribution is -2.63. The van der Waals surface area contributed by atoms with Gasteiger partial charge in [0.1, 0.15) is 0 Å². The molecular weight excluding hydrogens is 377 g/mol. The van der Waals surface area contributed by atoms with Crippen molar-refractivity contribution in [3.8, 4) is 0 Å². The summed E-state index contributed by atoms with van der Waals surface area (Å²) in [5.41, 5.74) is 2.46. The average molecular weight is 408 g/mol. The van der Waals surface area contributed by atoms with E-state index in [1.54, 1.807) is 4.90 Å². The third-order valence-electron chi connectivity index (χ3n) is 7.92. The molecule has 0 aromatic heterocycles. The van der Waals surface area contributed by atoms with Crippen molar-refractivity contribution >= 4 is 20.0 Å². The molecule has 158 valence electrons. The Bertz CT molecular complexity index is 839. The smallest absolute Gasteiger partial charge is 0.440 e. The van der Waals surface area contributed by atoms with E-state index < -0.39 is 0 Å². The Kier molecular flexibility index (Phi) is 5.04. The average Bonchev–Trinajstić information content (AvgIpc) is 2.75. The van der Waals surface area contributed by atoms with Crippen LogP contribution in [0.15, 0.2) is 24.3 Å². The third-order valence-corrected chi connectivity index (χ3v) is 7.92. The zero-order valence-corrected chi connectivity index (χ0v) is 17.8. The van der Waals surface area contributed by atoms with E-state index in [2.05, 4.69) is 18.2 Å². The number of hydrogen-bond donors (Lipinski definition) is 0. The highest BCUT2D eigenvalue weighted by atomic mass is 16.6. The number of carbonyl (C=O) groups is 2. The molecule has 4 saturated heterocycles. The number of quaternary nitrogens is 1. The fourth-order valence-corrected chi connectivity index (χ4v) is 6.04. The zero-order valence-electron chi connectivity index (χ0n) is 17.8. The van der Waals surface area contributed by atoms with Crippen molar-refractivity contribution in [1.29, 1.82) is 0 Å². The molecule has 0 spiro atoms. The van der Waals surface area contributed by atoms with Crippen LogP contribution in [-0.4, -0.2) is 80.1 Å². The fraction of sp³-hybridized carbons (Fsp3) is 0.652. The van der Waals surface area contributed by atoms with Crippen LogP contribution in [0.2, 0.25) is 0 Å². The van der Waals surface area contributed by atoms with Crippen LogP contribution < -0.4 is 0 Å². The Morgan fingerprint density at radius 3 is 2.63 bits per heavy atom. The number of likely N-dealkylation sites (tertiary alicyclic amines) is 1. The summed E-state index contributed by atoms with van der Waals surface area (Å²) in [6.07, 6.45) is 3.95. The maximum atomic E-state index is 13.4. The van der Waals surface area contributed by atoms with Gasteiger partial charge < -0.3 is 18.9 Å². The van der Waals surface area contributed by atoms with E-state index in [0.29, 0.717) is 23.3 Å². The maximum absolute atomic E-state index is 13.4. The summed E-state index contributed by atoms with van der Waals surface area (Å²) in [5, 5.41) is 0. The Morgan fingerprint density at radius 2 is 1.90 bits per heavy atom. The van der Waals surface area contributed by atoms with Crippen LogP contribution in [0.4, 0.5) is 4.79 Å². The molecule has 2 amide bonds. The molecular formula is C23H31BN3O3+. The highest BCUT2D eigenvalue weighted by Crippen LogP contribution is 2.41. The molecule has 5 aliphatic heterocycles. The molecule has 5 heterocycles. The zero-order chi connectivity index (χ0) is 20.9. The van der Waals surface area contributed by atoms with Crippen LogP contribution in [0.5, 0.6) is 0 Å². The molecule has 6 rings (SSSR count). The minimum absolute atomic E-state index is 0.0952. The lowest BCUT2D eigenvalue weighted by Gasteiger charge is -2.51. The molecule has 0 N–H and O–H groups in total. The highest BCUT2D eigenvalue weighted by molar-refractivity contribution is 5.97. The summed E-state index contributed by atoms with van der Waals surface area (Å²) in [6, 6.07) is 8.27. The van der Waals surface area contributed by atoms with Gasteiger partial charge >= 0.3 is 14.1 Å². The molecule has 2 bridgehead atoms. The first-order valence-electron chi connectivity index (χ1n) is 11.4. The van der Waals surface area contributed by atoms with Gasteiger partial charge in [-0.15, -0.1) is 0 Å². The van der Waals surface area contributed by atoms with Gasteiger partial charge in [-0.05, 0) is 29.9 Å². The maximum Gasteiger partial charge on any atom is 0.481 e. The number of nitrogens with zero attached hydrogens (tertiary/aromatic N) is 3. The number of fused-ring (bicyclic) bond motifs is 4. The SMILES string of the molecule is [B][N+]12CCC(CC1)[C@H](OC(=O)N1CCc3ccccc3C1C1CCN(C)C(=O)C1)C2. The van der Waals surface area contributed by atoms with Crippen molar-refractivity contribution in [2.75, 3.05) is 39.8 Å². The van der Waals surface area contributed by atoms with Crippen molar-refractivity contribution in [1.82, 2.24) is 9.80 Å². The van der Waals surface area contributed by atoms with Crippen LogP contribution in [0.3, 0.4) is 0 Å². The second-order valence-electron chi connectivity index (χ2n) is 9.76. The summed E-state index contributed by atoms with van der Waals surface area (Å²) in [6.45, 7) is 4.06. The fourth-order valence-electron chi connectivity index (χ4n) is 6.04. The Balaban J connectivity index is 1.39. The minimum atomic E-state index is -0.230. The monoisotopic (exact) mass is 408 g/mol. The summed E-state index contributed by atoms with van der Waals surface area (Å²) >= 11 is 0. The summed E-state index contributed by atoms with van der Waals surface area (Å²) < 4.78 is 6.64. The van der Waals surface area contributed by atoms with Crippen molar-refractivity contribution < 1.29 is 18.7 Å². The van der Waals surface area contributed by atoms with E-state index in [0.717, 1.165) is 51.9 Å². The van der Waals surface area contributed by atoms with Gasteiger partial charge in [0.15, 0.2) is 6.10 Å². The van der Waals surface area contributed by atoms with Gasteiger partial charge in [0.25, 0.3) is 0 Å². The predicted octanol–water partition coefficient (Wildman–Crippen LogP) is 2.28. The van der Waals surface area contributed by atoms with Crippen LogP contribution in [0, 0.1) is 11.8 Å². The summed E-state index contributed by atoms with van der Waals surface area (Å²) in [4.78, 5) is 29.6. The Labute approximate surface area is 180 Å². The number of benzene rings is 1. The van der Waals surface area contributed by atoms with E-state index in [1.807, 2.05) is 18.0 Å². The van der Waals surface area contributed by atoms with Gasteiger partial charge in [-0.3, -0.25) is 4.79 Å². The molecule has 3 atom stereocenters. The summed E-state index contributed by atoms with van der Waals surface area (Å²) in [7, 11) is 8.33. The number of ether oxygens (including phenoxy) is 1. The van der Waals surface area contributed by atoms with E-state index in [-0.39, 0.29) is 30.1 Å². The predicted molar refractivity (Wildman–Crippen MR) is 114 cm³/mol. The van der Waals surface area contributed by atoms with Gasteiger partial charge in [0.2, 0.25) is 5.91 Å². The summed E-state index contributed by atoms with van der Waals surface area (Å²) in [5.74, 6) is 0.717. The van der Waals surface area contributed by atoms with E-state index >= 15 is 0 Å². The molecule has 4 fully saturated rings. The van der Waals surface area contributed by atoms with Gasteiger partial charge in [0.05, 0.1) is 25.7 Å². The second kappa shape index (κ2) is 7.59. The quantitative estimate of drug-likeness (QED) is 0.706. The molecule has 2 unspecified atom stereocenters. The van der Waals surface area contributed by atoms with E-state index in [9.17, 15) is 9.59 Å². The van der Waals surface area contributed by atoms with Gasteiger partial charge in [-0.2, -0.15) is 0 Å². The number of amides is 2. The molecule has 5 aliphatic rings. The lowest BCUT2D eigenvalue weighted by atomic mass is 9.80. The number of hydrogen-bond acceptors (Lipinski definition) is 3. The topological polar surface area (TPSA) is 49.9 Å². The van der Waals surface area contributed by atoms with Crippen molar-refractivity contribution in [2.24, 2.45) is 11.8 Å². The van der Waals surface area contributed by atoms with Crippen LogP contribution in [0.25, 0.3) is 0 Å². The standard InChI is InChI=1S/C23H31BN3O3/c1-25-10-6-18(14-21(25)28)22-19-5-3-2-4-16(19)7-11-26(22)23(29)30-20-15-27(24)12-8-17(20)9-13-27/h2-5,17-18,20,22H,6-15H2,1H3/q+1/t17?,18?,20-,22?,27?/m1/s1. The lowest BCUT2D eigenvalue weighted by molar-refractivity contribution is -0.840. The van der Waals surface area contributed by atoms with Gasteiger partial charge in [-0.25, -0.2) is 4.79 Å². The van der Waals surface area contributed by atoms with Crippen molar-refractivity contribution in [3.05, 3.63) is 35.4 Å². The molecule has 7 heteroatoms. The number of rotatable bonds is 2. The van der Waals surface area contributed by atoms with Crippen LogP contribution in [-0.2, 0) is 16.0 Å². The second-order valence-corrected chi connectivity index (χ2v) is 9.76. The van der Waals surface area contributed by atoms with E-state index in [1.165, 1.54) is 11.1 Å². The molecule has 1 aromatic rings. The largest absolute Gasteiger partial charge is 0.481 e. The first kappa shape index (κ1) is 19.9. The normalized spacial score (nSPS) is 35.8. The Hall–Kier alpha value is -2.02. The molecule has 0 saturated carbocycles. The first-order chi connectivity index (χ1) is 14.4. The Morgan fingerprint density at radius 1 is 1.13 bits per heavy atom. The first-order valence-corrected chi connectivity index (χ1v) is 11.4. The minimum Gasteiger partial charge on any atom is -0.440 e. The van der Waals surface area contributed by atoms with Gasteiger partial charge in [0, 0.05) is 45.3 Å². The van der Waals surface area contributed by atoms with Crippen molar-refractivity contribution in [2.45, 2.75) is 44.2 Å². The van der Waals surface area contributed by atoms with Crippen LogP contribution >= 0.6 is 0 Å². The van der Waals surface area contributed by atoms with Crippen molar-refractivity contribution in [3.63, 3.8) is 0 Å².